The highest BCUT2D eigenvalue weighted by Gasteiger charge is 2.04. The Labute approximate surface area is 70.6 Å². The van der Waals surface area contributed by atoms with E-state index in [4.69, 9.17) is 0 Å². The van der Waals surface area contributed by atoms with E-state index in [1.165, 1.54) is 0 Å². The van der Waals surface area contributed by atoms with Crippen LogP contribution in [0.5, 0.6) is 0 Å². The quantitative estimate of drug-likeness (QED) is 0.672. The Morgan fingerprint density at radius 2 is 2.25 bits per heavy atom. The third kappa shape index (κ3) is 1.84. The number of carboxylic acids is 1. The first-order valence-electron chi connectivity index (χ1n) is 3.81. The number of aromatic nitrogens is 2. The fourth-order valence-corrected chi connectivity index (χ4v) is 1.17. The third-order valence-corrected chi connectivity index (χ3v) is 1.86. The van der Waals surface area contributed by atoms with Crippen LogP contribution in [0.15, 0.2) is 0 Å². The normalized spacial score (nSPS) is 10.2. The molecule has 4 heteroatoms. The number of rotatable bonds is 3. The maximum Gasteiger partial charge on any atom is 0.0626 e. The summed E-state index contributed by atoms with van der Waals surface area (Å²) in [5.41, 5.74) is 2.79. The zero-order chi connectivity index (χ0) is 9.14. The van der Waals surface area contributed by atoms with Crippen molar-refractivity contribution in [2.75, 3.05) is 0 Å². The van der Waals surface area contributed by atoms with Crippen LogP contribution in [0.4, 0.5) is 0 Å². The number of carbonyl (C=O) groups is 1. The summed E-state index contributed by atoms with van der Waals surface area (Å²) in [6.07, 6.45) is 0.553. The first kappa shape index (κ1) is 8.77. The van der Waals surface area contributed by atoms with Crippen molar-refractivity contribution in [3.8, 4) is 0 Å². The second kappa shape index (κ2) is 3.38. The lowest BCUT2D eigenvalue weighted by Gasteiger charge is -2.01. The molecule has 0 aromatic carbocycles. The summed E-state index contributed by atoms with van der Waals surface area (Å²) in [6, 6.07) is 0. The van der Waals surface area contributed by atoms with Gasteiger partial charge in [0.1, 0.15) is 0 Å². The number of nitrogens with zero attached hydrogens (tertiary/aromatic N) is 1. The zero-order valence-corrected chi connectivity index (χ0v) is 7.18. The van der Waals surface area contributed by atoms with E-state index in [9.17, 15) is 9.90 Å². The van der Waals surface area contributed by atoms with E-state index in [0.717, 1.165) is 17.0 Å². The van der Waals surface area contributed by atoms with Crippen molar-refractivity contribution < 1.29 is 9.90 Å². The van der Waals surface area contributed by atoms with Crippen molar-refractivity contribution in [2.24, 2.45) is 0 Å². The van der Waals surface area contributed by atoms with E-state index < -0.39 is 5.97 Å². The molecule has 1 N–H and O–H groups in total. The third-order valence-electron chi connectivity index (χ3n) is 1.86. The van der Waals surface area contributed by atoms with Gasteiger partial charge in [0.05, 0.1) is 5.69 Å². The standard InChI is InChI=1S/C8H12N2O2/c1-5-7(3-4-8(11)12)6(2)10-9-5/h3-4H2,1-2H3,(H,9,10)(H,11,12)/p-1. The highest BCUT2D eigenvalue weighted by atomic mass is 16.4. The summed E-state index contributed by atoms with van der Waals surface area (Å²) in [5.74, 6) is -1.02. The van der Waals surface area contributed by atoms with E-state index in [-0.39, 0.29) is 6.42 Å². The maximum absolute atomic E-state index is 10.2. The Morgan fingerprint density at radius 3 is 2.67 bits per heavy atom. The molecule has 0 spiro atoms. The molecule has 0 unspecified atom stereocenters. The summed E-state index contributed by atoms with van der Waals surface area (Å²) >= 11 is 0. The molecule has 4 nitrogen and oxygen atoms in total. The summed E-state index contributed by atoms with van der Waals surface area (Å²) in [4.78, 5) is 10.2. The van der Waals surface area contributed by atoms with Crippen LogP contribution in [0.25, 0.3) is 0 Å². The molecule has 0 amide bonds. The van der Waals surface area contributed by atoms with Gasteiger partial charge in [0.2, 0.25) is 0 Å². The average Bonchev–Trinajstić information content (AvgIpc) is 2.28. The molecule has 0 atom stereocenters. The molecule has 0 bridgehead atoms. The van der Waals surface area contributed by atoms with Gasteiger partial charge in [-0.05, 0) is 32.3 Å². The summed E-state index contributed by atoms with van der Waals surface area (Å²) < 4.78 is 0. The number of H-pyrrole nitrogens is 1. The minimum Gasteiger partial charge on any atom is -0.550 e. The Balaban J connectivity index is 2.68. The molecular weight excluding hydrogens is 156 g/mol. The van der Waals surface area contributed by atoms with Crippen LogP contribution in [0.1, 0.15) is 23.4 Å². The smallest absolute Gasteiger partial charge is 0.0626 e. The van der Waals surface area contributed by atoms with Crippen molar-refractivity contribution in [3.63, 3.8) is 0 Å². The van der Waals surface area contributed by atoms with Crippen LogP contribution in [0.2, 0.25) is 0 Å². The monoisotopic (exact) mass is 167 g/mol. The van der Waals surface area contributed by atoms with Crippen LogP contribution in [0, 0.1) is 13.8 Å². The molecule has 0 aliphatic rings. The lowest BCUT2D eigenvalue weighted by Crippen LogP contribution is -2.22. The summed E-state index contributed by atoms with van der Waals surface area (Å²) in [5, 5.41) is 16.9. The van der Waals surface area contributed by atoms with E-state index in [2.05, 4.69) is 10.2 Å². The van der Waals surface area contributed by atoms with Crippen molar-refractivity contribution in [3.05, 3.63) is 17.0 Å². The molecule has 1 heterocycles. The zero-order valence-electron chi connectivity index (χ0n) is 7.18. The molecule has 1 aromatic rings. The molecule has 0 saturated heterocycles. The second-order valence-corrected chi connectivity index (χ2v) is 2.78. The Kier molecular flexibility index (Phi) is 2.47. The van der Waals surface area contributed by atoms with Crippen LogP contribution in [-0.4, -0.2) is 16.2 Å². The number of nitrogens with one attached hydrogen (secondary N) is 1. The topological polar surface area (TPSA) is 68.8 Å². The van der Waals surface area contributed by atoms with Crippen LogP contribution >= 0.6 is 0 Å². The largest absolute Gasteiger partial charge is 0.550 e. The highest BCUT2D eigenvalue weighted by Crippen LogP contribution is 2.10. The number of hydrogen-bond donors (Lipinski definition) is 1. The number of aryl methyl sites for hydroxylation is 2. The van der Waals surface area contributed by atoms with E-state index in [0.29, 0.717) is 6.42 Å². The molecule has 0 saturated carbocycles. The fourth-order valence-electron chi connectivity index (χ4n) is 1.17. The number of hydrogen-bond acceptors (Lipinski definition) is 3. The summed E-state index contributed by atoms with van der Waals surface area (Å²) in [6.45, 7) is 3.73. The molecular formula is C8H11N2O2-. The summed E-state index contributed by atoms with van der Waals surface area (Å²) in [7, 11) is 0. The van der Waals surface area contributed by atoms with Gasteiger partial charge in [0, 0.05) is 11.7 Å². The van der Waals surface area contributed by atoms with Crippen molar-refractivity contribution in [1.82, 2.24) is 10.2 Å². The molecule has 12 heavy (non-hydrogen) atoms. The van der Waals surface area contributed by atoms with Gasteiger partial charge in [-0.25, -0.2) is 0 Å². The Hall–Kier alpha value is -1.32. The molecule has 0 radical (unpaired) electrons. The molecule has 0 fully saturated rings. The molecule has 1 rings (SSSR count). The van der Waals surface area contributed by atoms with Crippen LogP contribution in [-0.2, 0) is 11.2 Å². The van der Waals surface area contributed by atoms with Gasteiger partial charge < -0.3 is 9.90 Å². The fraction of sp³-hybridized carbons (Fsp3) is 0.500. The number of carboxylic acid groups (broad SMARTS) is 1. The first-order chi connectivity index (χ1) is 5.61. The lowest BCUT2D eigenvalue weighted by atomic mass is 10.1. The predicted octanol–water partition coefficient (Wildman–Crippen LogP) is -0.291. The van der Waals surface area contributed by atoms with Gasteiger partial charge in [-0.2, -0.15) is 5.10 Å². The lowest BCUT2D eigenvalue weighted by molar-refractivity contribution is -0.305. The molecule has 0 aliphatic heterocycles. The first-order valence-corrected chi connectivity index (χ1v) is 3.81. The van der Waals surface area contributed by atoms with Gasteiger partial charge in [0.25, 0.3) is 0 Å². The van der Waals surface area contributed by atoms with E-state index in [1.54, 1.807) is 0 Å². The molecule has 66 valence electrons. The Bertz CT molecular complexity index is 272. The van der Waals surface area contributed by atoms with E-state index in [1.807, 2.05) is 13.8 Å². The predicted molar refractivity (Wildman–Crippen MR) is 41.4 cm³/mol. The number of aliphatic carboxylic acids is 1. The van der Waals surface area contributed by atoms with E-state index >= 15 is 0 Å². The van der Waals surface area contributed by atoms with Crippen molar-refractivity contribution >= 4 is 5.97 Å². The second-order valence-electron chi connectivity index (χ2n) is 2.78. The average molecular weight is 167 g/mol. The maximum atomic E-state index is 10.2. The molecule has 0 aliphatic carbocycles. The van der Waals surface area contributed by atoms with Gasteiger partial charge in [-0.15, -0.1) is 0 Å². The van der Waals surface area contributed by atoms with Crippen LogP contribution < -0.4 is 5.11 Å². The van der Waals surface area contributed by atoms with Gasteiger partial charge >= 0.3 is 0 Å². The Morgan fingerprint density at radius 1 is 1.58 bits per heavy atom. The highest BCUT2D eigenvalue weighted by molar-refractivity contribution is 5.64. The number of carbonyl (C=O) groups excluding carboxylic acids is 1. The number of aromatic amines is 1. The van der Waals surface area contributed by atoms with Gasteiger partial charge in [-0.3, -0.25) is 5.10 Å². The minimum atomic E-state index is -1.02. The van der Waals surface area contributed by atoms with Gasteiger partial charge in [0.15, 0.2) is 0 Å². The molecule has 1 aromatic heterocycles. The van der Waals surface area contributed by atoms with Gasteiger partial charge in [-0.1, -0.05) is 0 Å². The SMILES string of the molecule is Cc1n[nH]c(C)c1CCC(=O)[O-]. The van der Waals surface area contributed by atoms with Crippen molar-refractivity contribution in [1.29, 1.82) is 0 Å². The van der Waals surface area contributed by atoms with Crippen molar-refractivity contribution in [2.45, 2.75) is 26.7 Å². The van der Waals surface area contributed by atoms with Crippen LogP contribution in [0.3, 0.4) is 0 Å². The minimum absolute atomic E-state index is 0.0568.